The molecule has 28 heavy (non-hydrogen) atoms. The molecule has 1 aliphatic carbocycles. The van der Waals surface area contributed by atoms with E-state index in [9.17, 15) is 14.4 Å². The first-order valence-corrected chi connectivity index (χ1v) is 9.89. The van der Waals surface area contributed by atoms with E-state index in [0.29, 0.717) is 6.54 Å². The van der Waals surface area contributed by atoms with Crippen LogP contribution in [0, 0.1) is 11.8 Å². The Bertz CT molecular complexity index is 842. The summed E-state index contributed by atoms with van der Waals surface area (Å²) in [6.07, 6.45) is 3.47. The number of para-hydroxylation sites is 1. The van der Waals surface area contributed by atoms with Crippen LogP contribution in [0.5, 0.6) is 0 Å². The second-order valence-electron chi connectivity index (χ2n) is 7.56. The molecular weight excluding hydrogens is 352 g/mol. The van der Waals surface area contributed by atoms with Gasteiger partial charge < -0.3 is 4.90 Å². The average molecular weight is 376 g/mol. The van der Waals surface area contributed by atoms with Crippen molar-refractivity contribution in [3.63, 3.8) is 0 Å². The minimum atomic E-state index is -0.240. The number of imide groups is 1. The first-order chi connectivity index (χ1) is 13.6. The van der Waals surface area contributed by atoms with Crippen LogP contribution in [0.4, 0.5) is 5.69 Å². The van der Waals surface area contributed by atoms with Gasteiger partial charge in [0.15, 0.2) is 0 Å². The SMILES string of the molecule is O=C1C2CCCCC2C(=O)N1CC(=O)N(Cc1ccccc1)c1ccccc1. The lowest BCUT2D eigenvalue weighted by molar-refractivity contribution is -0.143. The maximum Gasteiger partial charge on any atom is 0.247 e. The molecule has 5 heteroatoms. The summed E-state index contributed by atoms with van der Waals surface area (Å²) in [5.74, 6) is -1.04. The standard InChI is InChI=1S/C23H24N2O3/c26-21(16-25-22(27)19-13-7-8-14-20(19)23(25)28)24(18-11-5-2-6-12-18)15-17-9-3-1-4-10-17/h1-6,9-12,19-20H,7-8,13-16H2. The molecule has 4 rings (SSSR count). The fourth-order valence-corrected chi connectivity index (χ4v) is 4.30. The Kier molecular flexibility index (Phi) is 5.24. The predicted octanol–water partition coefficient (Wildman–Crippen LogP) is 3.40. The highest BCUT2D eigenvalue weighted by Gasteiger charge is 2.48. The van der Waals surface area contributed by atoms with Gasteiger partial charge in [0.25, 0.3) is 0 Å². The Morgan fingerprint density at radius 2 is 1.39 bits per heavy atom. The van der Waals surface area contributed by atoms with E-state index in [1.165, 1.54) is 4.90 Å². The molecular formula is C23H24N2O3. The quantitative estimate of drug-likeness (QED) is 0.752. The second kappa shape index (κ2) is 7.97. The van der Waals surface area contributed by atoms with E-state index in [0.717, 1.165) is 36.9 Å². The Labute approximate surface area is 164 Å². The number of carbonyl (C=O) groups excluding carboxylic acids is 3. The molecule has 2 aromatic carbocycles. The van der Waals surface area contributed by atoms with Crippen LogP contribution in [0.15, 0.2) is 60.7 Å². The minimum Gasteiger partial charge on any atom is -0.306 e. The summed E-state index contributed by atoms with van der Waals surface area (Å²) in [4.78, 5) is 41.5. The van der Waals surface area contributed by atoms with Gasteiger partial charge >= 0.3 is 0 Å². The smallest absolute Gasteiger partial charge is 0.247 e. The van der Waals surface area contributed by atoms with Gasteiger partial charge in [0.1, 0.15) is 6.54 Å². The Morgan fingerprint density at radius 3 is 1.96 bits per heavy atom. The number of nitrogens with zero attached hydrogens (tertiary/aromatic N) is 2. The van der Waals surface area contributed by atoms with Crippen molar-refractivity contribution in [2.24, 2.45) is 11.8 Å². The van der Waals surface area contributed by atoms with Gasteiger partial charge in [0, 0.05) is 5.69 Å². The third kappa shape index (κ3) is 3.57. The van der Waals surface area contributed by atoms with Crippen molar-refractivity contribution in [3.05, 3.63) is 66.2 Å². The fraction of sp³-hybridized carbons (Fsp3) is 0.348. The number of likely N-dealkylation sites (tertiary alicyclic amines) is 1. The highest BCUT2D eigenvalue weighted by atomic mass is 16.2. The summed E-state index contributed by atoms with van der Waals surface area (Å²) in [6, 6.07) is 19.1. The molecule has 2 aromatic rings. The van der Waals surface area contributed by atoms with Gasteiger partial charge in [0.2, 0.25) is 17.7 Å². The van der Waals surface area contributed by atoms with Crippen molar-refractivity contribution in [2.45, 2.75) is 32.2 Å². The lowest BCUT2D eigenvalue weighted by atomic mass is 9.81. The number of hydrogen-bond acceptors (Lipinski definition) is 3. The fourth-order valence-electron chi connectivity index (χ4n) is 4.30. The lowest BCUT2D eigenvalue weighted by Crippen LogP contribution is -2.43. The molecule has 2 aliphatic rings. The Balaban J connectivity index is 1.55. The first kappa shape index (κ1) is 18.4. The molecule has 3 amide bonds. The molecule has 1 saturated carbocycles. The van der Waals surface area contributed by atoms with E-state index >= 15 is 0 Å². The third-order valence-corrected chi connectivity index (χ3v) is 5.78. The minimum absolute atomic E-state index is 0.171. The van der Waals surface area contributed by atoms with Crippen LogP contribution in [0.2, 0.25) is 0 Å². The monoisotopic (exact) mass is 376 g/mol. The molecule has 0 bridgehead atoms. The maximum atomic E-state index is 13.2. The van der Waals surface area contributed by atoms with Gasteiger partial charge in [0.05, 0.1) is 18.4 Å². The van der Waals surface area contributed by atoms with E-state index in [-0.39, 0.29) is 36.1 Å². The summed E-state index contributed by atoms with van der Waals surface area (Å²) in [6.45, 7) is 0.207. The molecule has 5 nitrogen and oxygen atoms in total. The molecule has 144 valence electrons. The molecule has 2 fully saturated rings. The third-order valence-electron chi connectivity index (χ3n) is 5.78. The predicted molar refractivity (Wildman–Crippen MR) is 106 cm³/mol. The average Bonchev–Trinajstić information content (AvgIpc) is 2.98. The molecule has 2 unspecified atom stereocenters. The zero-order valence-electron chi connectivity index (χ0n) is 15.8. The molecule has 1 heterocycles. The zero-order chi connectivity index (χ0) is 19.5. The lowest BCUT2D eigenvalue weighted by Gasteiger charge is -2.25. The van der Waals surface area contributed by atoms with Crippen molar-refractivity contribution >= 4 is 23.4 Å². The molecule has 0 radical (unpaired) electrons. The normalized spacial score (nSPS) is 21.5. The highest BCUT2D eigenvalue weighted by Crippen LogP contribution is 2.38. The maximum absolute atomic E-state index is 13.2. The van der Waals surface area contributed by atoms with Crippen LogP contribution in [0.3, 0.4) is 0 Å². The second-order valence-corrected chi connectivity index (χ2v) is 7.56. The summed E-state index contributed by atoms with van der Waals surface area (Å²) in [5.41, 5.74) is 1.75. The van der Waals surface area contributed by atoms with E-state index in [4.69, 9.17) is 0 Å². The number of anilines is 1. The number of hydrogen-bond donors (Lipinski definition) is 0. The Morgan fingerprint density at radius 1 is 0.857 bits per heavy atom. The highest BCUT2D eigenvalue weighted by molar-refractivity contribution is 6.09. The van der Waals surface area contributed by atoms with Gasteiger partial charge in [-0.15, -0.1) is 0 Å². The Hall–Kier alpha value is -2.95. The number of rotatable bonds is 5. The van der Waals surface area contributed by atoms with Crippen molar-refractivity contribution < 1.29 is 14.4 Å². The van der Waals surface area contributed by atoms with Gasteiger partial charge in [-0.3, -0.25) is 19.3 Å². The van der Waals surface area contributed by atoms with Crippen LogP contribution in [-0.4, -0.2) is 29.2 Å². The van der Waals surface area contributed by atoms with Crippen LogP contribution < -0.4 is 4.90 Å². The number of fused-ring (bicyclic) bond motifs is 1. The van der Waals surface area contributed by atoms with Crippen molar-refractivity contribution in [2.75, 3.05) is 11.4 Å². The van der Waals surface area contributed by atoms with Crippen molar-refractivity contribution in [1.29, 1.82) is 0 Å². The van der Waals surface area contributed by atoms with Crippen LogP contribution >= 0.6 is 0 Å². The van der Waals surface area contributed by atoms with Crippen molar-refractivity contribution in [3.8, 4) is 0 Å². The van der Waals surface area contributed by atoms with Crippen LogP contribution in [-0.2, 0) is 20.9 Å². The van der Waals surface area contributed by atoms with Crippen LogP contribution in [0.25, 0.3) is 0 Å². The summed E-state index contributed by atoms with van der Waals surface area (Å²) < 4.78 is 0. The summed E-state index contributed by atoms with van der Waals surface area (Å²) in [5, 5.41) is 0. The van der Waals surface area contributed by atoms with Gasteiger partial charge in [-0.05, 0) is 30.5 Å². The van der Waals surface area contributed by atoms with Crippen LogP contribution in [0.1, 0.15) is 31.2 Å². The van der Waals surface area contributed by atoms with Gasteiger partial charge in [-0.25, -0.2) is 0 Å². The largest absolute Gasteiger partial charge is 0.306 e. The first-order valence-electron chi connectivity index (χ1n) is 9.89. The number of carbonyl (C=O) groups is 3. The molecule has 1 aliphatic heterocycles. The summed E-state index contributed by atoms with van der Waals surface area (Å²) >= 11 is 0. The van der Waals surface area contributed by atoms with Crippen molar-refractivity contribution in [1.82, 2.24) is 4.90 Å². The molecule has 2 atom stereocenters. The van der Waals surface area contributed by atoms with E-state index < -0.39 is 0 Å². The van der Waals surface area contributed by atoms with E-state index in [2.05, 4.69) is 0 Å². The topological polar surface area (TPSA) is 57.7 Å². The zero-order valence-corrected chi connectivity index (χ0v) is 15.8. The molecule has 1 saturated heterocycles. The van der Waals surface area contributed by atoms with Gasteiger partial charge in [-0.1, -0.05) is 61.4 Å². The number of benzene rings is 2. The van der Waals surface area contributed by atoms with E-state index in [1.807, 2.05) is 60.7 Å². The molecule has 0 N–H and O–H groups in total. The van der Waals surface area contributed by atoms with E-state index in [1.54, 1.807) is 4.90 Å². The summed E-state index contributed by atoms with van der Waals surface area (Å²) in [7, 11) is 0. The number of amides is 3. The molecule has 0 spiro atoms. The molecule has 0 aromatic heterocycles. The van der Waals surface area contributed by atoms with Gasteiger partial charge in [-0.2, -0.15) is 0 Å².